The Morgan fingerprint density at radius 3 is 1.11 bits per heavy atom. The molecule has 0 bridgehead atoms. The lowest BCUT2D eigenvalue weighted by atomic mass is 9.78. The van der Waals surface area contributed by atoms with E-state index in [1.54, 1.807) is 0 Å². The minimum atomic E-state index is -0.515. The van der Waals surface area contributed by atoms with E-state index in [2.05, 4.69) is 37.5 Å². The number of nitrogens with zero attached hydrogens (tertiary/aromatic N) is 2. The molecule has 0 atom stereocenters. The number of carbonyl (C=O) groups excluding carboxylic acids is 2. The van der Waals surface area contributed by atoms with Crippen molar-refractivity contribution in [1.29, 1.82) is 0 Å². The molecule has 0 N–H and O–H groups in total. The van der Waals surface area contributed by atoms with Gasteiger partial charge in [-0.3, -0.25) is 19.4 Å². The first kappa shape index (κ1) is 24.9. The number of piperazine rings is 1. The van der Waals surface area contributed by atoms with Crippen LogP contribution in [0.5, 0.6) is 0 Å². The maximum atomic E-state index is 12.1. The van der Waals surface area contributed by atoms with Gasteiger partial charge in [-0.1, -0.05) is 0 Å². The van der Waals surface area contributed by atoms with E-state index in [0.717, 1.165) is 39.0 Å². The van der Waals surface area contributed by atoms with Gasteiger partial charge in [-0.05, 0) is 68.2 Å². The van der Waals surface area contributed by atoms with Crippen LogP contribution >= 0.6 is 0 Å². The molecule has 0 amide bonds. The van der Waals surface area contributed by atoms with Gasteiger partial charge < -0.3 is 9.47 Å². The van der Waals surface area contributed by atoms with Gasteiger partial charge in [0.25, 0.3) is 0 Å². The zero-order valence-electron chi connectivity index (χ0n) is 19.8. The van der Waals surface area contributed by atoms with Crippen molar-refractivity contribution in [3.05, 3.63) is 0 Å². The Bertz CT molecular complexity index is 509. The lowest BCUT2D eigenvalue weighted by Crippen LogP contribution is -2.60. The molecule has 0 spiro atoms. The summed E-state index contributed by atoms with van der Waals surface area (Å²) in [6.07, 6.45) is 1.48. The van der Waals surface area contributed by atoms with Crippen LogP contribution in [0.2, 0.25) is 0 Å². The number of carbonyl (C=O) groups is 2. The highest BCUT2D eigenvalue weighted by molar-refractivity contribution is 5.76. The van der Waals surface area contributed by atoms with Gasteiger partial charge in [0, 0.05) is 37.3 Å². The molecule has 0 radical (unpaired) electrons. The third kappa shape index (κ3) is 5.93. The second-order valence-electron chi connectivity index (χ2n) is 10.7. The summed E-state index contributed by atoms with van der Waals surface area (Å²) in [5, 5.41) is 0. The van der Waals surface area contributed by atoms with Gasteiger partial charge >= 0.3 is 11.9 Å². The summed E-state index contributed by atoms with van der Waals surface area (Å²) in [5.41, 5.74) is -1.23. The average molecular weight is 399 g/mol. The molecule has 0 aromatic carbocycles. The van der Waals surface area contributed by atoms with E-state index in [1.165, 1.54) is 14.2 Å². The average Bonchev–Trinajstić information content (AvgIpc) is 2.58. The zero-order valence-corrected chi connectivity index (χ0v) is 19.8. The van der Waals surface area contributed by atoms with Gasteiger partial charge in [-0.25, -0.2) is 0 Å². The van der Waals surface area contributed by atoms with E-state index in [-0.39, 0.29) is 23.0 Å². The number of esters is 2. The summed E-state index contributed by atoms with van der Waals surface area (Å²) >= 11 is 0. The Balaban J connectivity index is 2.75. The molecule has 1 rings (SSSR count). The van der Waals surface area contributed by atoms with E-state index in [4.69, 9.17) is 9.47 Å². The third-order valence-electron chi connectivity index (χ3n) is 6.22. The van der Waals surface area contributed by atoms with E-state index < -0.39 is 10.8 Å². The van der Waals surface area contributed by atoms with Gasteiger partial charge in [-0.2, -0.15) is 0 Å². The minimum absolute atomic E-state index is 0.0980. The highest BCUT2D eigenvalue weighted by atomic mass is 16.5. The standard InChI is InChI=1S/C22H42N2O4/c1-19(2,17(25)27-9)15-21(5,6)23-11-13-24(14-12-23)22(7,8)16-20(3,4)18(26)28-10/h11-16H2,1-10H3. The molecule has 0 aromatic heterocycles. The highest BCUT2D eigenvalue weighted by Crippen LogP contribution is 2.36. The first-order valence-electron chi connectivity index (χ1n) is 10.3. The topological polar surface area (TPSA) is 59.1 Å². The molecule has 1 fully saturated rings. The Kier molecular flexibility index (Phi) is 7.74. The summed E-state index contributed by atoms with van der Waals surface area (Å²) < 4.78 is 9.96. The van der Waals surface area contributed by atoms with Crippen LogP contribution in [-0.2, 0) is 19.1 Å². The van der Waals surface area contributed by atoms with Crippen molar-refractivity contribution in [2.24, 2.45) is 10.8 Å². The van der Waals surface area contributed by atoms with Crippen molar-refractivity contribution < 1.29 is 19.1 Å². The van der Waals surface area contributed by atoms with Crippen molar-refractivity contribution in [3.63, 3.8) is 0 Å². The van der Waals surface area contributed by atoms with Crippen LogP contribution in [0.1, 0.15) is 68.2 Å². The summed E-state index contributed by atoms with van der Waals surface area (Å²) in [5.74, 6) is -0.323. The molecule has 28 heavy (non-hydrogen) atoms. The predicted octanol–water partition coefficient (Wildman–Crippen LogP) is 3.34. The lowest BCUT2D eigenvalue weighted by Gasteiger charge is -2.51. The monoisotopic (exact) mass is 398 g/mol. The van der Waals surface area contributed by atoms with Crippen LogP contribution in [0.3, 0.4) is 0 Å². The van der Waals surface area contributed by atoms with Crippen LogP contribution in [0.25, 0.3) is 0 Å². The molecular weight excluding hydrogens is 356 g/mol. The van der Waals surface area contributed by atoms with Crippen LogP contribution < -0.4 is 0 Å². The minimum Gasteiger partial charge on any atom is -0.469 e. The Morgan fingerprint density at radius 1 is 0.643 bits per heavy atom. The summed E-state index contributed by atoms with van der Waals surface area (Å²) in [4.78, 5) is 29.1. The van der Waals surface area contributed by atoms with Gasteiger partial charge in [0.15, 0.2) is 0 Å². The number of ether oxygens (including phenoxy) is 2. The SMILES string of the molecule is COC(=O)C(C)(C)CC(C)(C)N1CCN(C(C)(C)CC(C)(C)C(=O)OC)CC1. The summed E-state index contributed by atoms with van der Waals surface area (Å²) in [6, 6.07) is 0. The Labute approximate surface area is 171 Å². The van der Waals surface area contributed by atoms with Crippen molar-refractivity contribution in [3.8, 4) is 0 Å². The van der Waals surface area contributed by atoms with Crippen molar-refractivity contribution in [2.75, 3.05) is 40.4 Å². The van der Waals surface area contributed by atoms with Crippen molar-refractivity contribution in [1.82, 2.24) is 9.80 Å². The molecule has 0 unspecified atom stereocenters. The molecule has 6 heteroatoms. The highest BCUT2D eigenvalue weighted by Gasteiger charge is 2.43. The van der Waals surface area contributed by atoms with Crippen LogP contribution in [0, 0.1) is 10.8 Å². The smallest absolute Gasteiger partial charge is 0.311 e. The molecule has 0 aromatic rings. The van der Waals surface area contributed by atoms with E-state index >= 15 is 0 Å². The van der Waals surface area contributed by atoms with Gasteiger partial charge in [0.05, 0.1) is 25.0 Å². The normalized spacial score (nSPS) is 18.1. The molecule has 0 saturated carbocycles. The number of methoxy groups -OCH3 is 2. The van der Waals surface area contributed by atoms with Crippen molar-refractivity contribution in [2.45, 2.75) is 79.3 Å². The first-order chi connectivity index (χ1) is 12.6. The maximum absolute atomic E-state index is 12.1. The molecule has 1 aliphatic rings. The molecular formula is C22H42N2O4. The molecule has 6 nitrogen and oxygen atoms in total. The van der Waals surface area contributed by atoms with Crippen LogP contribution in [-0.4, -0.2) is 73.2 Å². The lowest BCUT2D eigenvalue weighted by molar-refractivity contribution is -0.154. The quantitative estimate of drug-likeness (QED) is 0.585. The van der Waals surface area contributed by atoms with Gasteiger partial charge in [0.1, 0.15) is 0 Å². The number of rotatable bonds is 8. The predicted molar refractivity (Wildman–Crippen MR) is 112 cm³/mol. The number of hydrogen-bond donors (Lipinski definition) is 0. The van der Waals surface area contributed by atoms with Crippen molar-refractivity contribution >= 4 is 11.9 Å². The Hall–Kier alpha value is -1.14. The molecule has 1 aliphatic heterocycles. The fourth-order valence-corrected chi connectivity index (χ4v) is 5.00. The summed E-state index contributed by atoms with van der Waals surface area (Å²) in [6.45, 7) is 20.4. The third-order valence-corrected chi connectivity index (χ3v) is 6.22. The van der Waals surface area contributed by atoms with Gasteiger partial charge in [0.2, 0.25) is 0 Å². The van der Waals surface area contributed by atoms with E-state index in [1.807, 2.05) is 27.7 Å². The van der Waals surface area contributed by atoms with Crippen LogP contribution in [0.15, 0.2) is 0 Å². The number of hydrogen-bond acceptors (Lipinski definition) is 6. The zero-order chi connectivity index (χ0) is 22.0. The Morgan fingerprint density at radius 2 is 0.893 bits per heavy atom. The first-order valence-corrected chi connectivity index (χ1v) is 10.3. The van der Waals surface area contributed by atoms with E-state index in [0.29, 0.717) is 0 Å². The largest absolute Gasteiger partial charge is 0.469 e. The fraction of sp³-hybridized carbons (Fsp3) is 0.909. The van der Waals surface area contributed by atoms with E-state index in [9.17, 15) is 9.59 Å². The van der Waals surface area contributed by atoms with Gasteiger partial charge in [-0.15, -0.1) is 0 Å². The second kappa shape index (κ2) is 8.70. The second-order valence-corrected chi connectivity index (χ2v) is 10.7. The maximum Gasteiger partial charge on any atom is 0.311 e. The fourth-order valence-electron chi connectivity index (χ4n) is 5.00. The molecule has 0 aliphatic carbocycles. The molecule has 164 valence electrons. The molecule has 1 heterocycles. The molecule has 1 saturated heterocycles. The van der Waals surface area contributed by atoms with Crippen LogP contribution in [0.4, 0.5) is 0 Å². The summed E-state index contributed by atoms with van der Waals surface area (Å²) in [7, 11) is 2.90.